The van der Waals surface area contributed by atoms with Gasteiger partial charge >= 0.3 is 0 Å². The molecule has 1 aromatic carbocycles. The number of H-pyrrole nitrogens is 1. The van der Waals surface area contributed by atoms with Crippen LogP contribution in [-0.4, -0.2) is 27.6 Å². The summed E-state index contributed by atoms with van der Waals surface area (Å²) in [4.78, 5) is 19.8. The summed E-state index contributed by atoms with van der Waals surface area (Å²) in [6.07, 6.45) is 11.4. The van der Waals surface area contributed by atoms with E-state index in [2.05, 4.69) is 39.6 Å². The van der Waals surface area contributed by atoms with Crippen LogP contribution in [-0.2, 0) is 11.2 Å². The number of pyridine rings is 1. The normalized spacial score (nSPS) is 14.8. The van der Waals surface area contributed by atoms with Crippen molar-refractivity contribution in [3.05, 3.63) is 83.4 Å². The van der Waals surface area contributed by atoms with Crippen molar-refractivity contribution >= 4 is 28.8 Å². The van der Waals surface area contributed by atoms with Crippen LogP contribution in [0, 0.1) is 5.41 Å². The molecule has 0 atom stereocenters. The van der Waals surface area contributed by atoms with Gasteiger partial charge in [-0.3, -0.25) is 10.2 Å². The Morgan fingerprint density at radius 2 is 1.91 bits per heavy atom. The molecule has 2 heterocycles. The van der Waals surface area contributed by atoms with Crippen molar-refractivity contribution in [1.82, 2.24) is 15.3 Å². The summed E-state index contributed by atoms with van der Waals surface area (Å²) in [6.45, 7) is 0. The zero-order chi connectivity index (χ0) is 22.3. The van der Waals surface area contributed by atoms with Crippen molar-refractivity contribution < 1.29 is 4.79 Å². The fourth-order valence-corrected chi connectivity index (χ4v) is 4.29. The zero-order valence-corrected chi connectivity index (χ0v) is 18.7. The van der Waals surface area contributed by atoms with Crippen LogP contribution in [0.25, 0.3) is 16.7 Å². The van der Waals surface area contributed by atoms with Crippen molar-refractivity contribution in [3.63, 3.8) is 0 Å². The van der Waals surface area contributed by atoms with Crippen molar-refractivity contribution in [2.45, 2.75) is 44.6 Å². The Balaban J connectivity index is 1.49. The summed E-state index contributed by atoms with van der Waals surface area (Å²) in [5.41, 5.74) is 4.96. The SMILES string of the molecule is N=C(/C=C(/Cc1ccc(-c2ccnc(Cl)c2)cc1)c1ccc[nH]1)C(=O)NC1CCCCC1. The maximum absolute atomic E-state index is 12.6. The number of aromatic amines is 1. The molecule has 0 bridgehead atoms. The van der Waals surface area contributed by atoms with E-state index in [4.69, 9.17) is 17.0 Å². The van der Waals surface area contributed by atoms with E-state index in [0.29, 0.717) is 11.6 Å². The van der Waals surface area contributed by atoms with Gasteiger partial charge in [-0.05, 0) is 71.9 Å². The second-order valence-corrected chi connectivity index (χ2v) is 8.60. The maximum Gasteiger partial charge on any atom is 0.269 e. The maximum atomic E-state index is 12.6. The number of hydrogen-bond donors (Lipinski definition) is 3. The van der Waals surface area contributed by atoms with E-state index >= 15 is 0 Å². The fourth-order valence-electron chi connectivity index (χ4n) is 4.12. The number of benzene rings is 1. The fraction of sp³-hybridized carbons (Fsp3) is 0.269. The number of halogens is 1. The van der Waals surface area contributed by atoms with Gasteiger partial charge in [0.05, 0.1) is 0 Å². The molecular formula is C26H27ClN4O. The van der Waals surface area contributed by atoms with E-state index in [9.17, 15) is 4.79 Å². The van der Waals surface area contributed by atoms with Gasteiger partial charge in [0.15, 0.2) is 0 Å². The lowest BCUT2D eigenvalue weighted by atomic mass is 9.95. The lowest BCUT2D eigenvalue weighted by Gasteiger charge is -2.22. The molecule has 0 aliphatic heterocycles. The highest BCUT2D eigenvalue weighted by atomic mass is 35.5. The van der Waals surface area contributed by atoms with E-state index in [0.717, 1.165) is 53.6 Å². The van der Waals surface area contributed by atoms with Gasteiger partial charge in [0.25, 0.3) is 5.91 Å². The van der Waals surface area contributed by atoms with Gasteiger partial charge in [-0.1, -0.05) is 55.1 Å². The number of aromatic nitrogens is 2. The predicted molar refractivity (Wildman–Crippen MR) is 130 cm³/mol. The van der Waals surface area contributed by atoms with Crippen molar-refractivity contribution in [2.24, 2.45) is 0 Å². The predicted octanol–water partition coefficient (Wildman–Crippen LogP) is 5.82. The molecule has 2 aromatic heterocycles. The number of nitrogens with one attached hydrogen (secondary N) is 3. The van der Waals surface area contributed by atoms with Gasteiger partial charge in [0.1, 0.15) is 10.9 Å². The zero-order valence-electron chi connectivity index (χ0n) is 17.9. The molecule has 1 saturated carbocycles. The highest BCUT2D eigenvalue weighted by Gasteiger charge is 2.18. The molecule has 0 unspecified atom stereocenters. The molecule has 1 fully saturated rings. The van der Waals surface area contributed by atoms with Crippen LogP contribution in [0.15, 0.2) is 67.0 Å². The quantitative estimate of drug-likeness (QED) is 0.315. The van der Waals surface area contributed by atoms with Gasteiger partial charge < -0.3 is 10.3 Å². The summed E-state index contributed by atoms with van der Waals surface area (Å²) in [5.74, 6) is -0.300. The van der Waals surface area contributed by atoms with Crippen molar-refractivity contribution in [3.8, 4) is 11.1 Å². The molecular weight excluding hydrogens is 420 g/mol. The second kappa shape index (κ2) is 10.4. The molecule has 6 heteroatoms. The minimum absolute atomic E-state index is 0.0109. The highest BCUT2D eigenvalue weighted by molar-refractivity contribution is 6.43. The molecule has 164 valence electrons. The number of carbonyl (C=O) groups is 1. The van der Waals surface area contributed by atoms with Crippen molar-refractivity contribution in [2.75, 3.05) is 0 Å². The largest absolute Gasteiger partial charge is 0.361 e. The first kappa shape index (κ1) is 22.0. The number of amides is 1. The molecule has 32 heavy (non-hydrogen) atoms. The first-order valence-electron chi connectivity index (χ1n) is 11.0. The number of carbonyl (C=O) groups excluding carboxylic acids is 1. The summed E-state index contributed by atoms with van der Waals surface area (Å²) >= 11 is 6.01. The van der Waals surface area contributed by atoms with Crippen molar-refractivity contribution in [1.29, 1.82) is 5.41 Å². The molecule has 3 N–H and O–H groups in total. The van der Waals surface area contributed by atoms with Gasteiger partial charge in [0, 0.05) is 24.1 Å². The van der Waals surface area contributed by atoms with Crippen LogP contribution in [0.4, 0.5) is 0 Å². The molecule has 1 aliphatic rings. The van der Waals surface area contributed by atoms with Gasteiger partial charge in [-0.25, -0.2) is 4.98 Å². The number of nitrogens with zero attached hydrogens (tertiary/aromatic N) is 1. The molecule has 0 spiro atoms. The van der Waals surface area contributed by atoms with Crippen LogP contribution in [0.1, 0.15) is 43.4 Å². The van der Waals surface area contributed by atoms with E-state index < -0.39 is 0 Å². The summed E-state index contributed by atoms with van der Waals surface area (Å²) in [6, 6.07) is 16.1. The Morgan fingerprint density at radius 1 is 1.12 bits per heavy atom. The lowest BCUT2D eigenvalue weighted by molar-refractivity contribution is -0.115. The Labute approximate surface area is 193 Å². The molecule has 5 nitrogen and oxygen atoms in total. The van der Waals surface area contributed by atoms with Crippen LogP contribution in [0.5, 0.6) is 0 Å². The van der Waals surface area contributed by atoms with Crippen LogP contribution in [0.3, 0.4) is 0 Å². The molecule has 3 aromatic rings. The van der Waals surface area contributed by atoms with Crippen LogP contribution >= 0.6 is 11.6 Å². The van der Waals surface area contributed by atoms with E-state index in [1.54, 1.807) is 12.3 Å². The Kier molecular flexibility index (Phi) is 7.17. The average Bonchev–Trinajstić information content (AvgIpc) is 3.35. The third-order valence-corrected chi connectivity index (χ3v) is 6.06. The van der Waals surface area contributed by atoms with Crippen LogP contribution < -0.4 is 5.32 Å². The third kappa shape index (κ3) is 5.74. The first-order valence-corrected chi connectivity index (χ1v) is 11.4. The second-order valence-electron chi connectivity index (χ2n) is 8.22. The Bertz CT molecular complexity index is 1100. The summed E-state index contributed by atoms with van der Waals surface area (Å²) in [5, 5.41) is 11.9. The average molecular weight is 447 g/mol. The highest BCUT2D eigenvalue weighted by Crippen LogP contribution is 2.24. The van der Waals surface area contributed by atoms with E-state index in [-0.39, 0.29) is 17.7 Å². The molecule has 1 aliphatic carbocycles. The smallest absolute Gasteiger partial charge is 0.269 e. The van der Waals surface area contributed by atoms with E-state index in [1.165, 1.54) is 6.42 Å². The molecule has 4 rings (SSSR count). The number of hydrogen-bond acceptors (Lipinski definition) is 3. The molecule has 0 radical (unpaired) electrons. The standard InChI is InChI=1S/C26H27ClN4O/c27-25-17-20(12-14-30-25)19-10-8-18(9-11-19)15-21(24-7-4-13-29-24)16-23(28)26(32)31-22-5-2-1-3-6-22/h4,7-14,16-17,22,28-29H,1-3,5-6,15H2,(H,31,32)/b21-16-,28-23?. The van der Waals surface area contributed by atoms with Gasteiger partial charge in [0.2, 0.25) is 0 Å². The Morgan fingerprint density at radius 3 is 2.59 bits per heavy atom. The molecule has 1 amide bonds. The summed E-state index contributed by atoms with van der Waals surface area (Å²) in [7, 11) is 0. The monoisotopic (exact) mass is 446 g/mol. The third-order valence-electron chi connectivity index (χ3n) is 5.86. The van der Waals surface area contributed by atoms with Crippen LogP contribution in [0.2, 0.25) is 5.15 Å². The summed E-state index contributed by atoms with van der Waals surface area (Å²) < 4.78 is 0. The minimum atomic E-state index is -0.300. The molecule has 0 saturated heterocycles. The van der Waals surface area contributed by atoms with Gasteiger partial charge in [-0.15, -0.1) is 0 Å². The minimum Gasteiger partial charge on any atom is -0.361 e. The van der Waals surface area contributed by atoms with E-state index in [1.807, 2.05) is 30.5 Å². The topological polar surface area (TPSA) is 81.6 Å². The van der Waals surface area contributed by atoms with Gasteiger partial charge in [-0.2, -0.15) is 0 Å². The lowest BCUT2D eigenvalue weighted by Crippen LogP contribution is -2.39. The first-order chi connectivity index (χ1) is 15.6. The number of rotatable bonds is 7. The number of allylic oxidation sites excluding steroid dienone is 1. The Hall–Kier alpha value is -3.18.